The van der Waals surface area contributed by atoms with Gasteiger partial charge in [-0.15, -0.1) is 0 Å². The summed E-state index contributed by atoms with van der Waals surface area (Å²) in [6, 6.07) is 23.5. The van der Waals surface area contributed by atoms with Gasteiger partial charge in [0.25, 0.3) is 0 Å². The van der Waals surface area contributed by atoms with E-state index in [1.165, 1.54) is 44.5 Å². The monoisotopic (exact) mass is 380 g/mol. The van der Waals surface area contributed by atoms with E-state index in [9.17, 15) is 0 Å². The maximum atomic E-state index is 3.03. The van der Waals surface area contributed by atoms with E-state index < -0.39 is 0 Å². The Kier molecular flexibility index (Phi) is 8.50. The Morgan fingerprint density at radius 2 is 0.931 bits per heavy atom. The van der Waals surface area contributed by atoms with Crippen LogP contribution in [-0.2, 0) is 0 Å². The van der Waals surface area contributed by atoms with E-state index in [0.29, 0.717) is 0 Å². The summed E-state index contributed by atoms with van der Waals surface area (Å²) in [6.07, 6.45) is 2.90. The van der Waals surface area contributed by atoms with Gasteiger partial charge in [0, 0.05) is 6.42 Å². The van der Waals surface area contributed by atoms with Gasteiger partial charge in [0.05, 0.1) is 0 Å². The number of hydrogen-bond donors (Lipinski definition) is 0. The van der Waals surface area contributed by atoms with E-state index in [1.807, 2.05) is 12.1 Å². The molecule has 29 heavy (non-hydrogen) atoms. The lowest BCUT2D eigenvalue weighted by Crippen LogP contribution is -1.78. The SMILES string of the molecule is C1#CCC(c2ccccc2)=C1.Cc1cc(C)cc(C)c1.Cc1cc(C)cc(C)c1. The lowest BCUT2D eigenvalue weighted by molar-refractivity contribution is 1.32. The second-order valence-electron chi connectivity index (χ2n) is 7.86. The smallest absolute Gasteiger partial charge is 0.0356 e. The van der Waals surface area contributed by atoms with Gasteiger partial charge in [0.2, 0.25) is 0 Å². The van der Waals surface area contributed by atoms with Crippen molar-refractivity contribution in [1.29, 1.82) is 0 Å². The van der Waals surface area contributed by atoms with Crippen LogP contribution in [0.15, 0.2) is 72.8 Å². The van der Waals surface area contributed by atoms with Crippen molar-refractivity contribution < 1.29 is 0 Å². The van der Waals surface area contributed by atoms with Crippen molar-refractivity contribution in [1.82, 2.24) is 0 Å². The molecule has 3 aromatic carbocycles. The van der Waals surface area contributed by atoms with Gasteiger partial charge < -0.3 is 0 Å². The van der Waals surface area contributed by atoms with E-state index in [2.05, 4.69) is 114 Å². The van der Waals surface area contributed by atoms with Crippen LogP contribution in [0.25, 0.3) is 5.57 Å². The maximum Gasteiger partial charge on any atom is 0.0356 e. The normalized spacial score (nSPS) is 11.2. The van der Waals surface area contributed by atoms with Crippen LogP contribution in [0.3, 0.4) is 0 Å². The van der Waals surface area contributed by atoms with Crippen LogP contribution in [0.2, 0.25) is 0 Å². The molecule has 0 radical (unpaired) electrons. The van der Waals surface area contributed by atoms with Gasteiger partial charge in [-0.25, -0.2) is 0 Å². The zero-order valence-corrected chi connectivity index (χ0v) is 18.6. The Balaban J connectivity index is 0.000000157. The Bertz CT molecular complexity index is 874. The fourth-order valence-electron chi connectivity index (χ4n) is 3.58. The van der Waals surface area contributed by atoms with E-state index in [0.717, 1.165) is 6.42 Å². The van der Waals surface area contributed by atoms with Gasteiger partial charge in [-0.05, 0) is 58.8 Å². The van der Waals surface area contributed by atoms with E-state index in [4.69, 9.17) is 0 Å². The summed E-state index contributed by atoms with van der Waals surface area (Å²) in [5.41, 5.74) is 10.7. The van der Waals surface area contributed by atoms with Gasteiger partial charge in [-0.3, -0.25) is 0 Å². The van der Waals surface area contributed by atoms with Gasteiger partial charge >= 0.3 is 0 Å². The molecule has 0 bridgehead atoms. The van der Waals surface area contributed by atoms with Crippen LogP contribution >= 0.6 is 0 Å². The molecule has 0 atom stereocenters. The second-order valence-corrected chi connectivity index (χ2v) is 7.86. The molecule has 4 rings (SSSR count). The van der Waals surface area contributed by atoms with Crippen molar-refractivity contribution in [3.05, 3.63) is 112 Å². The molecule has 0 heterocycles. The van der Waals surface area contributed by atoms with Crippen LogP contribution < -0.4 is 0 Å². The van der Waals surface area contributed by atoms with Gasteiger partial charge in [-0.1, -0.05) is 112 Å². The summed E-state index contributed by atoms with van der Waals surface area (Å²) >= 11 is 0. The van der Waals surface area contributed by atoms with Gasteiger partial charge in [0.15, 0.2) is 0 Å². The second kappa shape index (κ2) is 11.1. The van der Waals surface area contributed by atoms with Crippen LogP contribution in [0.4, 0.5) is 0 Å². The summed E-state index contributed by atoms with van der Waals surface area (Å²) in [7, 11) is 0. The molecule has 0 amide bonds. The number of rotatable bonds is 1. The number of benzene rings is 3. The highest BCUT2D eigenvalue weighted by atomic mass is 14.0. The Labute approximate surface area is 177 Å². The lowest BCUT2D eigenvalue weighted by Gasteiger charge is -1.98. The first kappa shape index (κ1) is 22.3. The zero-order valence-electron chi connectivity index (χ0n) is 18.6. The van der Waals surface area contributed by atoms with Crippen LogP contribution in [0.1, 0.15) is 45.4 Å². The number of aryl methyl sites for hydroxylation is 6. The minimum absolute atomic E-state index is 0.907. The quantitative estimate of drug-likeness (QED) is 0.379. The summed E-state index contributed by atoms with van der Waals surface area (Å²) in [5, 5.41) is 0. The molecule has 1 aliphatic carbocycles. The van der Waals surface area contributed by atoms with E-state index >= 15 is 0 Å². The molecule has 0 aliphatic heterocycles. The maximum absolute atomic E-state index is 3.03. The van der Waals surface area contributed by atoms with Crippen LogP contribution in [-0.4, -0.2) is 0 Å². The minimum Gasteiger partial charge on any atom is -0.0937 e. The number of hydrogen-bond acceptors (Lipinski definition) is 0. The average Bonchev–Trinajstić information content (AvgIpc) is 3.16. The van der Waals surface area contributed by atoms with Crippen LogP contribution in [0, 0.1) is 53.4 Å². The molecule has 0 nitrogen and oxygen atoms in total. The molecule has 0 saturated carbocycles. The fourth-order valence-corrected chi connectivity index (χ4v) is 3.58. The average molecular weight is 381 g/mol. The van der Waals surface area contributed by atoms with Crippen molar-refractivity contribution in [2.75, 3.05) is 0 Å². The first-order valence-electron chi connectivity index (χ1n) is 10.2. The topological polar surface area (TPSA) is 0 Å². The molecule has 148 valence electrons. The molecule has 0 unspecified atom stereocenters. The van der Waals surface area contributed by atoms with Crippen molar-refractivity contribution in [3.8, 4) is 11.8 Å². The van der Waals surface area contributed by atoms with Gasteiger partial charge in [-0.2, -0.15) is 0 Å². The third-order valence-electron chi connectivity index (χ3n) is 4.50. The number of allylic oxidation sites excluding steroid dienone is 2. The highest BCUT2D eigenvalue weighted by molar-refractivity contribution is 5.72. The van der Waals surface area contributed by atoms with E-state index in [1.54, 1.807) is 0 Å². The first-order chi connectivity index (χ1) is 13.8. The third-order valence-corrected chi connectivity index (χ3v) is 4.50. The molecule has 0 fully saturated rings. The third kappa shape index (κ3) is 8.24. The van der Waals surface area contributed by atoms with Gasteiger partial charge in [0.1, 0.15) is 0 Å². The minimum atomic E-state index is 0.907. The molecule has 1 aliphatic rings. The lowest BCUT2D eigenvalue weighted by atomic mass is 10.1. The molecule has 0 heteroatoms. The van der Waals surface area contributed by atoms with Crippen LogP contribution in [0.5, 0.6) is 0 Å². The molecule has 0 aromatic heterocycles. The molecule has 0 spiro atoms. The molecule has 0 saturated heterocycles. The molecule has 0 N–H and O–H groups in total. The largest absolute Gasteiger partial charge is 0.0937 e. The zero-order chi connectivity index (χ0) is 21.2. The Morgan fingerprint density at radius 1 is 0.552 bits per heavy atom. The molecule has 3 aromatic rings. The fraction of sp³-hybridized carbons (Fsp3) is 0.241. The van der Waals surface area contributed by atoms with E-state index in [-0.39, 0.29) is 0 Å². The molecular formula is C29H32. The summed E-state index contributed by atoms with van der Waals surface area (Å²) in [6.45, 7) is 12.8. The summed E-state index contributed by atoms with van der Waals surface area (Å²) < 4.78 is 0. The molecular weight excluding hydrogens is 348 g/mol. The summed E-state index contributed by atoms with van der Waals surface area (Å²) in [5.74, 6) is 5.99. The summed E-state index contributed by atoms with van der Waals surface area (Å²) in [4.78, 5) is 0. The Hall–Kier alpha value is -3.04. The predicted molar refractivity (Wildman–Crippen MR) is 128 cm³/mol. The highest BCUT2D eigenvalue weighted by Crippen LogP contribution is 2.19. The van der Waals surface area contributed by atoms with Crippen molar-refractivity contribution >= 4 is 5.57 Å². The van der Waals surface area contributed by atoms with Crippen molar-refractivity contribution in [2.45, 2.75) is 48.0 Å². The van der Waals surface area contributed by atoms with Crippen molar-refractivity contribution in [3.63, 3.8) is 0 Å². The Morgan fingerprint density at radius 3 is 1.24 bits per heavy atom. The predicted octanol–water partition coefficient (Wildman–Crippen LogP) is 7.70. The first-order valence-corrected chi connectivity index (χ1v) is 10.2. The van der Waals surface area contributed by atoms with Crippen molar-refractivity contribution in [2.24, 2.45) is 0 Å². The highest BCUT2D eigenvalue weighted by Gasteiger charge is 2.00. The standard InChI is InChI=1S/C11H8.2C9H12/c1-2-6-10(7-3-1)11-8-4-5-9-11;2*1-7-4-8(2)6-9(3)5-7/h1-3,6-8H,9H2;2*4-6H,1-3H3.